The number of rotatable bonds is 4. The standard InChI is InChI=1S/C11H16N2O2/c1-3-15-7-11(14)13-10-6-8(2)4-5-9(10)12/h4-6H,3,7,12H2,1-2H3,(H,13,14). The number of ether oxygens (including phenoxy) is 1. The Hall–Kier alpha value is -1.55. The zero-order valence-corrected chi connectivity index (χ0v) is 9.04. The highest BCUT2D eigenvalue weighted by molar-refractivity contribution is 5.94. The summed E-state index contributed by atoms with van der Waals surface area (Å²) in [5.74, 6) is -0.186. The molecular weight excluding hydrogens is 192 g/mol. The maximum Gasteiger partial charge on any atom is 0.250 e. The highest BCUT2D eigenvalue weighted by Gasteiger charge is 2.04. The Kier molecular flexibility index (Phi) is 4.12. The molecule has 1 rings (SSSR count). The van der Waals surface area contributed by atoms with Gasteiger partial charge in [-0.1, -0.05) is 6.07 Å². The maximum absolute atomic E-state index is 11.3. The predicted molar refractivity (Wildman–Crippen MR) is 60.7 cm³/mol. The number of anilines is 2. The Balaban J connectivity index is 2.63. The zero-order valence-electron chi connectivity index (χ0n) is 9.04. The summed E-state index contributed by atoms with van der Waals surface area (Å²) in [7, 11) is 0. The third-order valence-corrected chi connectivity index (χ3v) is 1.92. The van der Waals surface area contributed by atoms with Crippen LogP contribution in [0.15, 0.2) is 18.2 Å². The van der Waals surface area contributed by atoms with Crippen molar-refractivity contribution in [1.29, 1.82) is 0 Å². The minimum atomic E-state index is -0.186. The van der Waals surface area contributed by atoms with E-state index in [2.05, 4.69) is 5.32 Å². The van der Waals surface area contributed by atoms with Gasteiger partial charge in [0.05, 0.1) is 11.4 Å². The molecule has 15 heavy (non-hydrogen) atoms. The van der Waals surface area contributed by atoms with Crippen molar-refractivity contribution in [3.8, 4) is 0 Å². The van der Waals surface area contributed by atoms with Gasteiger partial charge in [0.2, 0.25) is 5.91 Å². The number of carbonyl (C=O) groups excluding carboxylic acids is 1. The van der Waals surface area contributed by atoms with Gasteiger partial charge in [0, 0.05) is 6.61 Å². The Labute approximate surface area is 89.4 Å². The lowest BCUT2D eigenvalue weighted by Gasteiger charge is -2.08. The molecule has 0 unspecified atom stereocenters. The highest BCUT2D eigenvalue weighted by Crippen LogP contribution is 2.19. The summed E-state index contributed by atoms with van der Waals surface area (Å²) >= 11 is 0. The molecule has 0 radical (unpaired) electrons. The van der Waals surface area contributed by atoms with Crippen LogP contribution >= 0.6 is 0 Å². The number of benzene rings is 1. The van der Waals surface area contributed by atoms with Crippen LogP contribution < -0.4 is 11.1 Å². The molecule has 0 atom stereocenters. The Morgan fingerprint density at radius 1 is 1.53 bits per heavy atom. The third-order valence-electron chi connectivity index (χ3n) is 1.92. The van der Waals surface area contributed by atoms with E-state index in [0.29, 0.717) is 18.0 Å². The average Bonchev–Trinajstić information content (AvgIpc) is 2.20. The van der Waals surface area contributed by atoms with Gasteiger partial charge < -0.3 is 15.8 Å². The molecule has 0 aliphatic rings. The van der Waals surface area contributed by atoms with Crippen LogP contribution in [0.4, 0.5) is 11.4 Å². The number of carbonyl (C=O) groups is 1. The average molecular weight is 208 g/mol. The highest BCUT2D eigenvalue weighted by atomic mass is 16.5. The lowest BCUT2D eigenvalue weighted by atomic mass is 10.2. The van der Waals surface area contributed by atoms with Gasteiger partial charge >= 0.3 is 0 Å². The predicted octanol–water partition coefficient (Wildman–Crippen LogP) is 1.55. The number of nitrogens with two attached hydrogens (primary N) is 1. The molecule has 0 aromatic heterocycles. The Morgan fingerprint density at radius 2 is 2.27 bits per heavy atom. The van der Waals surface area contributed by atoms with Crippen LogP contribution in [0, 0.1) is 6.92 Å². The van der Waals surface area contributed by atoms with Crippen LogP contribution in [0.1, 0.15) is 12.5 Å². The van der Waals surface area contributed by atoms with E-state index < -0.39 is 0 Å². The summed E-state index contributed by atoms with van der Waals surface area (Å²) in [4.78, 5) is 11.3. The Bertz CT molecular complexity index is 350. The molecule has 82 valence electrons. The van der Waals surface area contributed by atoms with E-state index in [1.54, 1.807) is 6.07 Å². The van der Waals surface area contributed by atoms with Gasteiger partial charge in [-0.25, -0.2) is 0 Å². The molecule has 0 aliphatic heterocycles. The SMILES string of the molecule is CCOCC(=O)Nc1cc(C)ccc1N. The molecule has 1 aromatic carbocycles. The number of hydrogen-bond acceptors (Lipinski definition) is 3. The van der Waals surface area contributed by atoms with Crippen molar-refractivity contribution in [3.05, 3.63) is 23.8 Å². The van der Waals surface area contributed by atoms with Crippen molar-refractivity contribution < 1.29 is 9.53 Å². The summed E-state index contributed by atoms with van der Waals surface area (Å²) in [6, 6.07) is 5.50. The van der Waals surface area contributed by atoms with Crippen LogP contribution in [-0.4, -0.2) is 19.1 Å². The molecular formula is C11H16N2O2. The lowest BCUT2D eigenvalue weighted by Crippen LogP contribution is -2.19. The first-order chi connectivity index (χ1) is 7.13. The molecule has 0 fully saturated rings. The van der Waals surface area contributed by atoms with E-state index in [1.165, 1.54) is 0 Å². The Morgan fingerprint density at radius 3 is 2.93 bits per heavy atom. The second-order valence-electron chi connectivity index (χ2n) is 3.28. The fourth-order valence-electron chi connectivity index (χ4n) is 1.16. The van der Waals surface area contributed by atoms with Crippen molar-refractivity contribution in [2.24, 2.45) is 0 Å². The largest absolute Gasteiger partial charge is 0.397 e. The van der Waals surface area contributed by atoms with E-state index in [1.807, 2.05) is 26.0 Å². The minimum absolute atomic E-state index is 0.0594. The summed E-state index contributed by atoms with van der Waals surface area (Å²) in [6.07, 6.45) is 0. The molecule has 0 heterocycles. The molecule has 0 bridgehead atoms. The van der Waals surface area contributed by atoms with Gasteiger partial charge in [-0.15, -0.1) is 0 Å². The fraction of sp³-hybridized carbons (Fsp3) is 0.364. The van der Waals surface area contributed by atoms with Crippen molar-refractivity contribution in [2.75, 3.05) is 24.3 Å². The number of nitrogen functional groups attached to an aromatic ring is 1. The van der Waals surface area contributed by atoms with Gasteiger partial charge in [-0.3, -0.25) is 4.79 Å². The number of nitrogens with one attached hydrogen (secondary N) is 1. The maximum atomic E-state index is 11.3. The van der Waals surface area contributed by atoms with Crippen LogP contribution in [0.5, 0.6) is 0 Å². The van der Waals surface area contributed by atoms with Gasteiger partial charge in [-0.2, -0.15) is 0 Å². The number of amides is 1. The van der Waals surface area contributed by atoms with Crippen molar-refractivity contribution in [1.82, 2.24) is 0 Å². The molecule has 3 N–H and O–H groups in total. The fourth-order valence-corrected chi connectivity index (χ4v) is 1.16. The van der Waals surface area contributed by atoms with E-state index in [-0.39, 0.29) is 12.5 Å². The molecule has 0 saturated carbocycles. The van der Waals surface area contributed by atoms with Crippen LogP contribution in [0.2, 0.25) is 0 Å². The van der Waals surface area contributed by atoms with Gasteiger partial charge in [-0.05, 0) is 31.5 Å². The third kappa shape index (κ3) is 3.59. The molecule has 0 aliphatic carbocycles. The first-order valence-electron chi connectivity index (χ1n) is 4.87. The van der Waals surface area contributed by atoms with Crippen molar-refractivity contribution in [3.63, 3.8) is 0 Å². The van der Waals surface area contributed by atoms with Crippen LogP contribution in [-0.2, 0) is 9.53 Å². The van der Waals surface area contributed by atoms with Gasteiger partial charge in [0.15, 0.2) is 0 Å². The lowest BCUT2D eigenvalue weighted by molar-refractivity contribution is -0.120. The van der Waals surface area contributed by atoms with Crippen molar-refractivity contribution in [2.45, 2.75) is 13.8 Å². The second kappa shape index (κ2) is 5.36. The van der Waals surface area contributed by atoms with Gasteiger partial charge in [0.1, 0.15) is 6.61 Å². The summed E-state index contributed by atoms with van der Waals surface area (Å²) in [5.41, 5.74) is 7.96. The normalized spacial score (nSPS) is 10.0. The van der Waals surface area contributed by atoms with Gasteiger partial charge in [0.25, 0.3) is 0 Å². The molecule has 4 nitrogen and oxygen atoms in total. The summed E-state index contributed by atoms with van der Waals surface area (Å²) in [5, 5.41) is 2.70. The molecule has 1 amide bonds. The molecule has 1 aromatic rings. The summed E-state index contributed by atoms with van der Waals surface area (Å²) in [6.45, 7) is 4.37. The van der Waals surface area contributed by atoms with E-state index >= 15 is 0 Å². The number of aryl methyl sites for hydroxylation is 1. The molecule has 4 heteroatoms. The van der Waals surface area contributed by atoms with Crippen LogP contribution in [0.3, 0.4) is 0 Å². The molecule has 0 saturated heterocycles. The first-order valence-corrected chi connectivity index (χ1v) is 4.87. The van der Waals surface area contributed by atoms with Crippen molar-refractivity contribution >= 4 is 17.3 Å². The number of hydrogen-bond donors (Lipinski definition) is 2. The monoisotopic (exact) mass is 208 g/mol. The quantitative estimate of drug-likeness (QED) is 0.738. The minimum Gasteiger partial charge on any atom is -0.397 e. The zero-order chi connectivity index (χ0) is 11.3. The van der Waals surface area contributed by atoms with E-state index in [9.17, 15) is 4.79 Å². The van der Waals surface area contributed by atoms with E-state index in [0.717, 1.165) is 5.56 Å². The summed E-state index contributed by atoms with van der Waals surface area (Å²) < 4.78 is 4.98. The van der Waals surface area contributed by atoms with Crippen LogP contribution in [0.25, 0.3) is 0 Å². The second-order valence-corrected chi connectivity index (χ2v) is 3.28. The molecule has 0 spiro atoms. The first kappa shape index (κ1) is 11.5. The smallest absolute Gasteiger partial charge is 0.250 e. The van der Waals surface area contributed by atoms with E-state index in [4.69, 9.17) is 10.5 Å². The topological polar surface area (TPSA) is 64.3 Å².